The topological polar surface area (TPSA) is 101 Å². The van der Waals surface area contributed by atoms with Gasteiger partial charge in [0, 0.05) is 23.4 Å². The zero-order valence-electron chi connectivity index (χ0n) is 23.1. The second-order valence-corrected chi connectivity index (χ2v) is 8.28. The van der Waals surface area contributed by atoms with Gasteiger partial charge in [-0.2, -0.15) is 5.10 Å². The maximum Gasteiger partial charge on any atom is 0.573 e. The van der Waals surface area contributed by atoms with Crippen LogP contribution in [0.5, 0.6) is 5.75 Å². The van der Waals surface area contributed by atoms with E-state index >= 15 is 0 Å². The summed E-state index contributed by atoms with van der Waals surface area (Å²) >= 11 is 0. The van der Waals surface area contributed by atoms with Crippen molar-refractivity contribution in [1.82, 2.24) is 16.1 Å². The summed E-state index contributed by atoms with van der Waals surface area (Å²) in [6.07, 6.45) is 0.314. The molecule has 0 aliphatic rings. The highest BCUT2D eigenvalue weighted by Crippen LogP contribution is 2.26. The van der Waals surface area contributed by atoms with Crippen molar-refractivity contribution in [2.24, 2.45) is 10.8 Å². The summed E-state index contributed by atoms with van der Waals surface area (Å²) in [6, 6.07) is 5.62. The van der Waals surface area contributed by atoms with Crippen molar-refractivity contribution in [2.45, 2.75) is 60.9 Å². The highest BCUT2D eigenvalue weighted by Gasteiger charge is 2.32. The molecule has 0 spiro atoms. The molecule has 0 heterocycles. The molecule has 0 radical (unpaired) electrons. The SMILES string of the molecule is C=C/C(NC/C(C)=N/NC(C)=C(C)C)=C(N)\C=C(/CC)C(=O)NCc1ccccc1OC(F)(F)F.C=CC. The molecule has 7 nitrogen and oxygen atoms in total. The third-order valence-electron chi connectivity index (χ3n) is 4.85. The predicted molar refractivity (Wildman–Crippen MR) is 149 cm³/mol. The smallest absolute Gasteiger partial charge is 0.405 e. The van der Waals surface area contributed by atoms with Gasteiger partial charge in [0.25, 0.3) is 0 Å². The molecule has 0 aliphatic heterocycles. The number of alkyl halides is 3. The number of allylic oxidation sites excluding steroid dienone is 5. The predicted octanol–water partition coefficient (Wildman–Crippen LogP) is 5.96. The van der Waals surface area contributed by atoms with E-state index in [0.29, 0.717) is 24.2 Å². The molecule has 0 aliphatic carbocycles. The number of para-hydroxylation sites is 1. The van der Waals surface area contributed by atoms with Crippen LogP contribution in [0.15, 0.2) is 89.0 Å². The molecule has 0 aromatic heterocycles. The van der Waals surface area contributed by atoms with Crippen molar-refractivity contribution in [3.63, 3.8) is 0 Å². The zero-order chi connectivity index (χ0) is 29.3. The maximum absolute atomic E-state index is 12.7. The van der Waals surface area contributed by atoms with Gasteiger partial charge in [-0.05, 0) is 59.3 Å². The summed E-state index contributed by atoms with van der Waals surface area (Å²) in [5, 5.41) is 10.0. The lowest BCUT2D eigenvalue weighted by Crippen LogP contribution is -2.27. The summed E-state index contributed by atoms with van der Waals surface area (Å²) in [5.41, 5.74) is 13.3. The van der Waals surface area contributed by atoms with Crippen LogP contribution in [0, 0.1) is 0 Å². The standard InChI is InChI=1S/C25H34F3N5O2.C3H6/c1-7-19(24(34)31-15-20-11-9-10-12-23(20)35-25(26,27)28)13-21(29)22(8-2)30-14-17(5)32-33-18(6)16(3)4;1-3-2/h8-13,30,33H,2,7,14-15,29H2,1,3-6H3,(H,31,34);3H,1H2,2H3/b19-13+,22-21-,32-17+;. The lowest BCUT2D eigenvalue weighted by Gasteiger charge is -2.14. The third kappa shape index (κ3) is 14.0. The molecule has 0 saturated heterocycles. The number of benzene rings is 1. The molecule has 10 heteroatoms. The summed E-state index contributed by atoms with van der Waals surface area (Å²) < 4.78 is 41.9. The Kier molecular flexibility index (Phi) is 15.7. The van der Waals surface area contributed by atoms with Crippen LogP contribution in [-0.4, -0.2) is 24.5 Å². The molecule has 38 heavy (non-hydrogen) atoms. The Hall–Kier alpha value is -3.95. The zero-order valence-corrected chi connectivity index (χ0v) is 23.1. The Morgan fingerprint density at radius 2 is 1.74 bits per heavy atom. The van der Waals surface area contributed by atoms with E-state index in [-0.39, 0.29) is 23.6 Å². The Bertz CT molecular complexity index is 1070. The minimum absolute atomic E-state index is 0.146. The molecule has 1 aromatic rings. The molecule has 1 amide bonds. The molecule has 210 valence electrons. The van der Waals surface area contributed by atoms with Crippen LogP contribution in [0.2, 0.25) is 0 Å². The van der Waals surface area contributed by atoms with Crippen molar-refractivity contribution in [3.8, 4) is 5.75 Å². The van der Waals surface area contributed by atoms with E-state index < -0.39 is 12.3 Å². The van der Waals surface area contributed by atoms with Crippen molar-refractivity contribution < 1.29 is 22.7 Å². The van der Waals surface area contributed by atoms with Gasteiger partial charge in [-0.15, -0.1) is 19.8 Å². The first-order valence-corrected chi connectivity index (χ1v) is 12.0. The number of hydrogen-bond acceptors (Lipinski definition) is 6. The lowest BCUT2D eigenvalue weighted by atomic mass is 10.1. The van der Waals surface area contributed by atoms with E-state index in [2.05, 4.69) is 39.1 Å². The van der Waals surface area contributed by atoms with E-state index in [1.807, 2.05) is 34.6 Å². The van der Waals surface area contributed by atoms with Crippen LogP contribution in [-0.2, 0) is 11.3 Å². The molecule has 0 fully saturated rings. The van der Waals surface area contributed by atoms with Crippen LogP contribution in [0.1, 0.15) is 53.5 Å². The number of ether oxygens (including phenoxy) is 1. The molecule has 0 atom stereocenters. The second-order valence-electron chi connectivity index (χ2n) is 8.28. The highest BCUT2D eigenvalue weighted by atomic mass is 19.4. The first-order valence-electron chi connectivity index (χ1n) is 12.0. The second kappa shape index (κ2) is 17.5. The van der Waals surface area contributed by atoms with Gasteiger partial charge in [-0.25, -0.2) is 0 Å². The van der Waals surface area contributed by atoms with Crippen LogP contribution in [0.4, 0.5) is 13.2 Å². The molecule has 5 N–H and O–H groups in total. The van der Waals surface area contributed by atoms with E-state index in [0.717, 1.165) is 17.0 Å². The lowest BCUT2D eigenvalue weighted by molar-refractivity contribution is -0.274. The molecule has 1 rings (SSSR count). The quantitative estimate of drug-likeness (QED) is 0.0871. The molecule has 0 unspecified atom stereocenters. The Morgan fingerprint density at radius 1 is 1.13 bits per heavy atom. The largest absolute Gasteiger partial charge is 0.573 e. The van der Waals surface area contributed by atoms with Gasteiger partial charge in [0.1, 0.15) is 5.75 Å². The number of nitrogens with one attached hydrogen (secondary N) is 3. The Balaban J connectivity index is 0.00000434. The first-order chi connectivity index (χ1) is 17.8. The Morgan fingerprint density at radius 3 is 2.26 bits per heavy atom. The fourth-order valence-electron chi connectivity index (χ4n) is 2.60. The maximum atomic E-state index is 12.7. The number of amides is 1. The van der Waals surface area contributed by atoms with Crippen LogP contribution >= 0.6 is 0 Å². The monoisotopic (exact) mass is 535 g/mol. The molecular weight excluding hydrogens is 495 g/mol. The minimum Gasteiger partial charge on any atom is -0.405 e. The molecule has 1 aromatic carbocycles. The molecular formula is C28H40F3N5O2. The summed E-state index contributed by atoms with van der Waals surface area (Å²) in [4.78, 5) is 12.7. The van der Waals surface area contributed by atoms with Gasteiger partial charge < -0.3 is 21.1 Å². The molecule has 0 bridgehead atoms. The van der Waals surface area contributed by atoms with E-state index in [4.69, 9.17) is 5.73 Å². The van der Waals surface area contributed by atoms with E-state index in [9.17, 15) is 18.0 Å². The number of nitrogens with zero attached hydrogens (tertiary/aromatic N) is 1. The van der Waals surface area contributed by atoms with Gasteiger partial charge in [-0.3, -0.25) is 10.2 Å². The van der Waals surface area contributed by atoms with Crippen LogP contribution in [0.3, 0.4) is 0 Å². The fraction of sp³-hybridized carbons (Fsp3) is 0.357. The van der Waals surface area contributed by atoms with E-state index in [1.165, 1.54) is 30.4 Å². The number of hydrogen-bond donors (Lipinski definition) is 4. The average molecular weight is 536 g/mol. The summed E-state index contributed by atoms with van der Waals surface area (Å²) in [5.74, 6) is -0.828. The van der Waals surface area contributed by atoms with Crippen molar-refractivity contribution in [1.29, 1.82) is 0 Å². The summed E-state index contributed by atoms with van der Waals surface area (Å²) in [7, 11) is 0. The summed E-state index contributed by atoms with van der Waals surface area (Å²) in [6.45, 7) is 18.7. The fourth-order valence-corrected chi connectivity index (χ4v) is 2.60. The van der Waals surface area contributed by atoms with Crippen molar-refractivity contribution in [3.05, 3.63) is 89.5 Å². The third-order valence-corrected chi connectivity index (χ3v) is 4.85. The number of carbonyl (C=O) groups is 1. The average Bonchev–Trinajstić information content (AvgIpc) is 2.84. The Labute approximate surface area is 224 Å². The van der Waals surface area contributed by atoms with Gasteiger partial charge >= 0.3 is 6.36 Å². The van der Waals surface area contributed by atoms with Crippen LogP contribution < -0.4 is 26.5 Å². The van der Waals surface area contributed by atoms with Gasteiger partial charge in [-0.1, -0.05) is 43.4 Å². The number of halogens is 3. The van der Waals surface area contributed by atoms with E-state index in [1.54, 1.807) is 19.1 Å². The number of hydrazone groups is 1. The van der Waals surface area contributed by atoms with Gasteiger partial charge in [0.15, 0.2) is 0 Å². The number of rotatable bonds is 12. The van der Waals surface area contributed by atoms with Crippen molar-refractivity contribution in [2.75, 3.05) is 6.54 Å². The normalized spacial score (nSPS) is 12.2. The number of nitrogens with two attached hydrogens (primary N) is 1. The molecule has 0 saturated carbocycles. The highest BCUT2D eigenvalue weighted by molar-refractivity contribution is 5.93. The van der Waals surface area contributed by atoms with Gasteiger partial charge in [0.2, 0.25) is 5.91 Å². The minimum atomic E-state index is -4.83. The van der Waals surface area contributed by atoms with Gasteiger partial charge in [0.05, 0.1) is 23.7 Å². The van der Waals surface area contributed by atoms with Crippen LogP contribution in [0.25, 0.3) is 0 Å². The first kappa shape index (κ1) is 34.1. The van der Waals surface area contributed by atoms with Crippen molar-refractivity contribution >= 4 is 11.6 Å². The number of carbonyl (C=O) groups excluding carboxylic acids is 1.